The van der Waals surface area contributed by atoms with Crippen LogP contribution >= 0.6 is 0 Å². The predicted molar refractivity (Wildman–Crippen MR) is 78.4 cm³/mol. The summed E-state index contributed by atoms with van der Waals surface area (Å²) in [6.07, 6.45) is 3.83. The highest BCUT2D eigenvalue weighted by Crippen LogP contribution is 2.37. The molecule has 0 amide bonds. The molecular formula is C18H17FO. The van der Waals surface area contributed by atoms with Crippen LogP contribution in [0.15, 0.2) is 42.5 Å². The second-order valence-electron chi connectivity index (χ2n) is 5.50. The molecule has 2 heteroatoms. The third-order valence-corrected chi connectivity index (χ3v) is 4.16. The number of ketones is 1. The maximum Gasteiger partial charge on any atom is 0.160 e. The van der Waals surface area contributed by atoms with E-state index >= 15 is 0 Å². The lowest BCUT2D eigenvalue weighted by Crippen LogP contribution is -2.08. The molecular weight excluding hydrogens is 251 g/mol. The fourth-order valence-electron chi connectivity index (χ4n) is 2.74. The Morgan fingerprint density at radius 2 is 1.80 bits per heavy atom. The zero-order valence-electron chi connectivity index (χ0n) is 11.5. The van der Waals surface area contributed by atoms with Crippen molar-refractivity contribution in [2.45, 2.75) is 32.1 Å². The molecule has 0 atom stereocenters. The molecule has 102 valence electrons. The number of carbonyl (C=O) groups excluding carboxylic acids is 1. The summed E-state index contributed by atoms with van der Waals surface area (Å²) in [5.41, 5.74) is 3.50. The minimum absolute atomic E-state index is 0.0388. The van der Waals surface area contributed by atoms with E-state index in [2.05, 4.69) is 12.1 Å². The Bertz CT molecular complexity index is 639. The number of benzene rings is 2. The molecule has 1 nitrogen and oxygen atoms in total. The van der Waals surface area contributed by atoms with Gasteiger partial charge in [-0.2, -0.15) is 0 Å². The van der Waals surface area contributed by atoms with Gasteiger partial charge in [-0.25, -0.2) is 4.39 Å². The van der Waals surface area contributed by atoms with Crippen LogP contribution in [0.3, 0.4) is 0 Å². The minimum Gasteiger partial charge on any atom is -0.294 e. The summed E-state index contributed by atoms with van der Waals surface area (Å²) in [7, 11) is 0. The van der Waals surface area contributed by atoms with E-state index in [-0.39, 0.29) is 11.6 Å². The van der Waals surface area contributed by atoms with E-state index in [1.807, 2.05) is 12.1 Å². The molecule has 1 fully saturated rings. The molecule has 0 spiro atoms. The maximum absolute atomic E-state index is 13.5. The monoisotopic (exact) mass is 268 g/mol. The lowest BCUT2D eigenvalue weighted by atomic mass is 9.79. The highest BCUT2D eigenvalue weighted by atomic mass is 19.1. The molecule has 2 aromatic rings. The molecule has 0 N–H and O–H groups in total. The van der Waals surface area contributed by atoms with Crippen molar-refractivity contribution in [1.82, 2.24) is 0 Å². The maximum atomic E-state index is 13.5. The third-order valence-electron chi connectivity index (χ3n) is 4.16. The van der Waals surface area contributed by atoms with Crippen LogP contribution in [0, 0.1) is 5.82 Å². The van der Waals surface area contributed by atoms with Crippen LogP contribution in [-0.4, -0.2) is 5.78 Å². The fourth-order valence-corrected chi connectivity index (χ4v) is 2.74. The van der Waals surface area contributed by atoms with Crippen molar-refractivity contribution in [3.8, 4) is 11.1 Å². The predicted octanol–water partition coefficient (Wildman–Crippen LogP) is 4.96. The Morgan fingerprint density at radius 1 is 1.10 bits per heavy atom. The van der Waals surface area contributed by atoms with E-state index in [4.69, 9.17) is 0 Å². The Balaban J connectivity index is 1.99. The number of hydrogen-bond acceptors (Lipinski definition) is 1. The van der Waals surface area contributed by atoms with Crippen molar-refractivity contribution in [2.75, 3.05) is 0 Å². The lowest BCUT2D eigenvalue weighted by Gasteiger charge is -2.25. The van der Waals surface area contributed by atoms with E-state index in [1.165, 1.54) is 43.9 Å². The average Bonchev–Trinajstić information content (AvgIpc) is 2.37. The summed E-state index contributed by atoms with van der Waals surface area (Å²) in [4.78, 5) is 11.7. The van der Waals surface area contributed by atoms with Gasteiger partial charge in [0, 0.05) is 5.56 Å². The quantitative estimate of drug-likeness (QED) is 0.719. The van der Waals surface area contributed by atoms with Crippen molar-refractivity contribution in [2.24, 2.45) is 0 Å². The first-order valence-corrected chi connectivity index (χ1v) is 7.06. The average molecular weight is 268 g/mol. The summed E-state index contributed by atoms with van der Waals surface area (Å²) in [5.74, 6) is 0.333. The SMILES string of the molecule is CC(=O)c1ccc(F)cc1-c1ccc(C2CCC2)cc1. The van der Waals surface area contributed by atoms with Crippen molar-refractivity contribution in [3.05, 3.63) is 59.4 Å². The number of hydrogen-bond donors (Lipinski definition) is 0. The van der Waals surface area contributed by atoms with Gasteiger partial charge in [-0.15, -0.1) is 0 Å². The molecule has 0 radical (unpaired) electrons. The molecule has 0 unspecified atom stereocenters. The summed E-state index contributed by atoms with van der Waals surface area (Å²) in [5, 5.41) is 0. The van der Waals surface area contributed by atoms with Crippen LogP contribution in [0.4, 0.5) is 4.39 Å². The zero-order valence-corrected chi connectivity index (χ0v) is 11.5. The van der Waals surface area contributed by atoms with E-state index in [0.717, 1.165) is 5.56 Å². The minimum atomic E-state index is -0.312. The molecule has 0 heterocycles. The van der Waals surface area contributed by atoms with Gasteiger partial charge in [-0.05, 0) is 60.6 Å². The summed E-state index contributed by atoms with van der Waals surface area (Å²) < 4.78 is 13.5. The molecule has 0 aliphatic heterocycles. The smallest absolute Gasteiger partial charge is 0.160 e. The van der Waals surface area contributed by atoms with Gasteiger partial charge in [-0.1, -0.05) is 30.7 Å². The molecule has 3 rings (SSSR count). The molecule has 1 saturated carbocycles. The van der Waals surface area contributed by atoms with E-state index in [0.29, 0.717) is 17.0 Å². The standard InChI is InChI=1S/C18H17FO/c1-12(20)17-10-9-16(19)11-18(17)15-7-5-14(6-8-15)13-3-2-4-13/h5-11,13H,2-4H2,1H3. The second kappa shape index (κ2) is 5.20. The Labute approximate surface area is 118 Å². The van der Waals surface area contributed by atoms with Crippen molar-refractivity contribution < 1.29 is 9.18 Å². The zero-order chi connectivity index (χ0) is 14.1. The van der Waals surface area contributed by atoms with Crippen LogP contribution in [0.2, 0.25) is 0 Å². The first kappa shape index (κ1) is 13.0. The number of Topliss-reactive ketones (excluding diaryl/α,β-unsaturated/α-hetero) is 1. The van der Waals surface area contributed by atoms with Gasteiger partial charge < -0.3 is 0 Å². The molecule has 2 aromatic carbocycles. The first-order valence-electron chi connectivity index (χ1n) is 7.06. The van der Waals surface area contributed by atoms with Gasteiger partial charge in [0.2, 0.25) is 0 Å². The van der Waals surface area contributed by atoms with E-state index in [9.17, 15) is 9.18 Å². The fraction of sp³-hybridized carbons (Fsp3) is 0.278. The van der Waals surface area contributed by atoms with Gasteiger partial charge in [0.15, 0.2) is 5.78 Å². The molecule has 0 saturated heterocycles. The summed E-state index contributed by atoms with van der Waals surface area (Å²) in [6.45, 7) is 1.51. The van der Waals surface area contributed by atoms with Crippen LogP contribution in [-0.2, 0) is 0 Å². The molecule has 1 aliphatic carbocycles. The molecule has 20 heavy (non-hydrogen) atoms. The van der Waals surface area contributed by atoms with Crippen LogP contribution in [0.5, 0.6) is 0 Å². The molecule has 0 aromatic heterocycles. The first-order chi connectivity index (χ1) is 9.65. The van der Waals surface area contributed by atoms with E-state index in [1.54, 1.807) is 6.07 Å². The topological polar surface area (TPSA) is 17.1 Å². The highest BCUT2D eigenvalue weighted by Gasteiger charge is 2.19. The Morgan fingerprint density at radius 3 is 2.35 bits per heavy atom. The van der Waals surface area contributed by atoms with Crippen molar-refractivity contribution in [3.63, 3.8) is 0 Å². The van der Waals surface area contributed by atoms with E-state index < -0.39 is 0 Å². The second-order valence-corrected chi connectivity index (χ2v) is 5.50. The lowest BCUT2D eigenvalue weighted by molar-refractivity contribution is 0.101. The molecule has 0 bridgehead atoms. The van der Waals surface area contributed by atoms with Gasteiger partial charge in [0.1, 0.15) is 5.82 Å². The molecule has 1 aliphatic rings. The van der Waals surface area contributed by atoms with Gasteiger partial charge in [0.05, 0.1) is 0 Å². The van der Waals surface area contributed by atoms with Gasteiger partial charge in [0.25, 0.3) is 0 Å². The van der Waals surface area contributed by atoms with Crippen molar-refractivity contribution >= 4 is 5.78 Å². The number of halogens is 1. The number of carbonyl (C=O) groups is 1. The highest BCUT2D eigenvalue weighted by molar-refractivity contribution is 6.00. The van der Waals surface area contributed by atoms with Gasteiger partial charge in [-0.3, -0.25) is 4.79 Å². The summed E-state index contributed by atoms with van der Waals surface area (Å²) in [6, 6.07) is 12.5. The van der Waals surface area contributed by atoms with Crippen LogP contribution in [0.1, 0.15) is 48.0 Å². The van der Waals surface area contributed by atoms with Crippen LogP contribution < -0.4 is 0 Å². The van der Waals surface area contributed by atoms with Gasteiger partial charge >= 0.3 is 0 Å². The van der Waals surface area contributed by atoms with Crippen molar-refractivity contribution in [1.29, 1.82) is 0 Å². The van der Waals surface area contributed by atoms with Crippen LogP contribution in [0.25, 0.3) is 11.1 Å². The largest absolute Gasteiger partial charge is 0.294 e. The Hall–Kier alpha value is -1.96. The summed E-state index contributed by atoms with van der Waals surface area (Å²) >= 11 is 0. The Kier molecular flexibility index (Phi) is 3.39. The third kappa shape index (κ3) is 2.38. The normalized spacial score (nSPS) is 14.9. The number of rotatable bonds is 3.